The molecule has 1 aromatic heterocycles. The average Bonchev–Trinajstić information content (AvgIpc) is 3.36. The summed E-state index contributed by atoms with van der Waals surface area (Å²) >= 11 is 0. The fraction of sp³-hybridized carbons (Fsp3) is 0.452. The molecule has 4 rings (SSSR count). The molecule has 204 valence electrons. The van der Waals surface area contributed by atoms with Crippen LogP contribution in [0.4, 0.5) is 13.2 Å². The molecule has 0 saturated heterocycles. The predicted molar refractivity (Wildman–Crippen MR) is 144 cm³/mol. The zero-order chi connectivity index (χ0) is 27.8. The molecule has 1 fully saturated rings. The average molecular weight is 528 g/mol. The Hall–Kier alpha value is -3.22. The van der Waals surface area contributed by atoms with Crippen LogP contribution in [0.15, 0.2) is 60.7 Å². The van der Waals surface area contributed by atoms with Gasteiger partial charge in [0.25, 0.3) is 0 Å². The molecule has 0 bridgehead atoms. The number of fused-ring (bicyclic) bond motifs is 1. The van der Waals surface area contributed by atoms with Crippen LogP contribution in [-0.4, -0.2) is 28.9 Å². The maximum atomic E-state index is 14.4. The number of carbonyl (C=O) groups excluding carboxylic acids is 1. The van der Waals surface area contributed by atoms with Gasteiger partial charge in [-0.25, -0.2) is 4.79 Å². The fourth-order valence-electron chi connectivity index (χ4n) is 5.40. The van der Waals surface area contributed by atoms with Crippen molar-refractivity contribution in [3.8, 4) is 17.0 Å². The number of carbonyl (C=O) groups is 1. The summed E-state index contributed by atoms with van der Waals surface area (Å²) in [5, 5.41) is 0.997. The summed E-state index contributed by atoms with van der Waals surface area (Å²) in [6, 6.07) is 15.9. The number of benzene rings is 2. The van der Waals surface area contributed by atoms with E-state index in [1.165, 1.54) is 12.5 Å². The summed E-state index contributed by atoms with van der Waals surface area (Å²) in [7, 11) is 0. The van der Waals surface area contributed by atoms with Crippen molar-refractivity contribution in [2.75, 3.05) is 0 Å². The largest absolute Gasteiger partial charge is 0.489 e. The minimum atomic E-state index is -4.63. The molecular weight excluding hydrogens is 491 g/mol. The van der Waals surface area contributed by atoms with Crippen LogP contribution in [0.5, 0.6) is 5.75 Å². The van der Waals surface area contributed by atoms with E-state index < -0.39 is 29.8 Å². The van der Waals surface area contributed by atoms with Crippen LogP contribution in [0.2, 0.25) is 0 Å². The van der Waals surface area contributed by atoms with Gasteiger partial charge in [-0.1, -0.05) is 51.6 Å². The van der Waals surface area contributed by atoms with E-state index in [4.69, 9.17) is 9.47 Å². The molecular formula is C31H36F3NO3. The molecule has 0 radical (unpaired) electrons. The normalized spacial score (nSPS) is 21.7. The van der Waals surface area contributed by atoms with Gasteiger partial charge >= 0.3 is 12.1 Å². The van der Waals surface area contributed by atoms with Crippen LogP contribution in [0.1, 0.15) is 53.0 Å². The summed E-state index contributed by atoms with van der Waals surface area (Å²) in [6.07, 6.45) is -6.11. The van der Waals surface area contributed by atoms with Crippen molar-refractivity contribution < 1.29 is 27.4 Å². The number of hydrogen-bond acceptors (Lipinski definition) is 3. The fourth-order valence-corrected chi connectivity index (χ4v) is 5.40. The highest BCUT2D eigenvalue weighted by molar-refractivity contribution is 5.89. The van der Waals surface area contributed by atoms with Gasteiger partial charge in [-0.3, -0.25) is 0 Å². The van der Waals surface area contributed by atoms with Crippen molar-refractivity contribution >= 4 is 16.9 Å². The number of alkyl halides is 3. The van der Waals surface area contributed by atoms with Gasteiger partial charge in [0.15, 0.2) is 0 Å². The van der Waals surface area contributed by atoms with Crippen molar-refractivity contribution in [3.63, 3.8) is 0 Å². The molecule has 3 aromatic rings. The lowest BCUT2D eigenvalue weighted by molar-refractivity contribution is -0.262. The second-order valence-corrected chi connectivity index (χ2v) is 10.9. The first-order valence-corrected chi connectivity index (χ1v) is 13.2. The number of esters is 1. The van der Waals surface area contributed by atoms with Crippen LogP contribution < -0.4 is 4.74 Å². The minimum Gasteiger partial charge on any atom is -0.489 e. The van der Waals surface area contributed by atoms with E-state index in [0.717, 1.165) is 42.0 Å². The van der Waals surface area contributed by atoms with Crippen molar-refractivity contribution in [3.05, 3.63) is 66.2 Å². The molecule has 1 aliphatic rings. The number of rotatable bonds is 8. The highest BCUT2D eigenvalue weighted by Crippen LogP contribution is 2.53. The van der Waals surface area contributed by atoms with E-state index in [9.17, 15) is 18.0 Å². The molecule has 1 aliphatic carbocycles. The van der Waals surface area contributed by atoms with Gasteiger partial charge in [-0.05, 0) is 62.8 Å². The maximum Gasteiger partial charge on any atom is 0.401 e. The molecule has 3 unspecified atom stereocenters. The summed E-state index contributed by atoms with van der Waals surface area (Å²) in [6.45, 7) is 13.2. The van der Waals surface area contributed by atoms with Crippen molar-refractivity contribution in [1.82, 2.24) is 4.57 Å². The van der Waals surface area contributed by atoms with E-state index in [1.807, 2.05) is 24.3 Å². The maximum absolute atomic E-state index is 14.4. The van der Waals surface area contributed by atoms with Gasteiger partial charge in [0, 0.05) is 34.8 Å². The Morgan fingerprint density at radius 2 is 1.82 bits per heavy atom. The first kappa shape index (κ1) is 27.8. The monoisotopic (exact) mass is 527 g/mol. The summed E-state index contributed by atoms with van der Waals surface area (Å²) in [4.78, 5) is 12.1. The number of hydrogen-bond donors (Lipinski definition) is 0. The molecule has 4 nitrogen and oxygen atoms in total. The standard InChI is InChI=1S/C31H36F3NO3/c1-7-21-10-8-9-11-24(21)26-16-22-12-13-23(17-25(22)35(26)18-19(2)3)37-27-14-15-28(38-29(36)20(4)5)30(27,6)31(32,33)34/h8-13,16-17,19,27-28H,4,7,14-15,18H2,1-3,5-6H3. The number of aryl methyl sites for hydroxylation is 1. The highest BCUT2D eigenvalue weighted by Gasteiger charge is 2.66. The number of ether oxygens (including phenoxy) is 2. The molecule has 0 N–H and O–H groups in total. The summed E-state index contributed by atoms with van der Waals surface area (Å²) in [5.41, 5.74) is 2.09. The third-order valence-electron chi connectivity index (χ3n) is 7.61. The van der Waals surface area contributed by atoms with Crippen molar-refractivity contribution in [1.29, 1.82) is 0 Å². The smallest absolute Gasteiger partial charge is 0.401 e. The molecule has 3 atom stereocenters. The Bertz CT molecular complexity index is 1340. The molecule has 2 aromatic carbocycles. The topological polar surface area (TPSA) is 40.5 Å². The molecule has 1 saturated carbocycles. The number of aromatic nitrogens is 1. The van der Waals surface area contributed by atoms with Gasteiger partial charge in [-0.15, -0.1) is 0 Å². The van der Waals surface area contributed by atoms with Crippen LogP contribution in [0.25, 0.3) is 22.2 Å². The second-order valence-electron chi connectivity index (χ2n) is 10.9. The molecule has 38 heavy (non-hydrogen) atoms. The van der Waals surface area contributed by atoms with Crippen molar-refractivity contribution in [2.45, 2.75) is 78.8 Å². The van der Waals surface area contributed by atoms with Crippen LogP contribution in [-0.2, 0) is 22.5 Å². The molecule has 1 heterocycles. The van der Waals surface area contributed by atoms with E-state index in [2.05, 4.69) is 50.1 Å². The zero-order valence-corrected chi connectivity index (χ0v) is 22.7. The molecule has 0 aliphatic heterocycles. The summed E-state index contributed by atoms with van der Waals surface area (Å²) < 4.78 is 56.8. The SMILES string of the molecule is C=C(C)C(=O)OC1CCC(Oc2ccc3cc(-c4ccccc4CC)n(CC(C)C)c3c2)C1(C)C(F)(F)F. The minimum absolute atomic E-state index is 0.0591. The Morgan fingerprint density at radius 1 is 1.13 bits per heavy atom. The van der Waals surface area contributed by atoms with E-state index in [1.54, 1.807) is 6.07 Å². The Morgan fingerprint density at radius 3 is 2.45 bits per heavy atom. The Kier molecular flexibility index (Phi) is 7.69. The highest BCUT2D eigenvalue weighted by atomic mass is 19.4. The third-order valence-corrected chi connectivity index (χ3v) is 7.61. The van der Waals surface area contributed by atoms with Gasteiger partial charge < -0.3 is 14.0 Å². The lowest BCUT2D eigenvalue weighted by Gasteiger charge is -2.37. The Balaban J connectivity index is 1.73. The molecule has 7 heteroatoms. The lowest BCUT2D eigenvalue weighted by Crippen LogP contribution is -2.51. The first-order valence-electron chi connectivity index (χ1n) is 13.2. The third kappa shape index (κ3) is 5.07. The first-order chi connectivity index (χ1) is 17.9. The zero-order valence-electron chi connectivity index (χ0n) is 22.7. The lowest BCUT2D eigenvalue weighted by atomic mass is 9.83. The number of halogens is 3. The van der Waals surface area contributed by atoms with Gasteiger partial charge in [0.05, 0.1) is 5.52 Å². The number of nitrogens with zero attached hydrogens (tertiary/aromatic N) is 1. The Labute approximate surface area is 222 Å². The van der Waals surface area contributed by atoms with Crippen LogP contribution in [0, 0.1) is 11.3 Å². The van der Waals surface area contributed by atoms with Crippen LogP contribution >= 0.6 is 0 Å². The van der Waals surface area contributed by atoms with Crippen molar-refractivity contribution in [2.24, 2.45) is 11.3 Å². The predicted octanol–water partition coefficient (Wildman–Crippen LogP) is 8.12. The van der Waals surface area contributed by atoms with E-state index in [0.29, 0.717) is 11.7 Å². The summed E-state index contributed by atoms with van der Waals surface area (Å²) in [5.74, 6) is -0.0999. The van der Waals surface area contributed by atoms with Crippen LogP contribution in [0.3, 0.4) is 0 Å². The van der Waals surface area contributed by atoms with Gasteiger partial charge in [0.1, 0.15) is 23.4 Å². The molecule has 0 spiro atoms. The van der Waals surface area contributed by atoms with E-state index >= 15 is 0 Å². The second kappa shape index (κ2) is 10.5. The van der Waals surface area contributed by atoms with Gasteiger partial charge in [0.2, 0.25) is 0 Å². The quantitative estimate of drug-likeness (QED) is 0.219. The van der Waals surface area contributed by atoms with E-state index in [-0.39, 0.29) is 18.4 Å². The molecule has 0 amide bonds. The van der Waals surface area contributed by atoms with Gasteiger partial charge in [-0.2, -0.15) is 13.2 Å².